The van der Waals surface area contributed by atoms with Crippen LogP contribution < -0.4 is 4.74 Å². The summed E-state index contributed by atoms with van der Waals surface area (Å²) in [7, 11) is 0. The first-order valence-corrected chi connectivity index (χ1v) is 8.51. The van der Waals surface area contributed by atoms with Gasteiger partial charge in [0, 0.05) is 17.7 Å². The van der Waals surface area contributed by atoms with Gasteiger partial charge in [0.25, 0.3) is 0 Å². The molecular formula is C20H19NO6. The number of ether oxygens (including phenoxy) is 3. The maximum Gasteiger partial charge on any atom is 0.336 e. The normalized spacial score (nSPS) is 15.0. The van der Waals surface area contributed by atoms with Gasteiger partial charge in [0.2, 0.25) is 5.75 Å². The van der Waals surface area contributed by atoms with Crippen molar-refractivity contribution in [3.8, 4) is 5.75 Å². The molecule has 0 aromatic heterocycles. The number of rotatable bonds is 5. The molecule has 1 aliphatic rings. The number of hydrogen-bond acceptors (Lipinski definition) is 6. The van der Waals surface area contributed by atoms with E-state index in [9.17, 15) is 14.9 Å². The minimum Gasteiger partial charge on any atom is -0.416 e. The van der Waals surface area contributed by atoms with Crippen molar-refractivity contribution in [1.82, 2.24) is 0 Å². The molecule has 1 heterocycles. The molecule has 27 heavy (non-hydrogen) atoms. The molecule has 7 nitrogen and oxygen atoms in total. The third-order valence-electron chi connectivity index (χ3n) is 3.98. The molecule has 2 aromatic rings. The Morgan fingerprint density at radius 2 is 1.89 bits per heavy atom. The summed E-state index contributed by atoms with van der Waals surface area (Å²) in [5.41, 5.74) is 2.13. The summed E-state index contributed by atoms with van der Waals surface area (Å²) in [4.78, 5) is 22.8. The van der Waals surface area contributed by atoms with E-state index >= 15 is 0 Å². The Balaban J connectivity index is 1.73. The number of esters is 1. The summed E-state index contributed by atoms with van der Waals surface area (Å²) in [6, 6.07) is 11.8. The van der Waals surface area contributed by atoms with E-state index in [0.717, 1.165) is 17.5 Å². The topological polar surface area (TPSA) is 87.9 Å². The summed E-state index contributed by atoms with van der Waals surface area (Å²) >= 11 is 0. The van der Waals surface area contributed by atoms with E-state index in [1.165, 1.54) is 18.2 Å². The van der Waals surface area contributed by atoms with Gasteiger partial charge >= 0.3 is 11.7 Å². The highest BCUT2D eigenvalue weighted by molar-refractivity contribution is 5.89. The summed E-state index contributed by atoms with van der Waals surface area (Å²) in [6.45, 7) is 3.02. The minimum absolute atomic E-state index is 0.127. The van der Waals surface area contributed by atoms with Crippen LogP contribution >= 0.6 is 0 Å². The van der Waals surface area contributed by atoms with Crippen molar-refractivity contribution in [2.45, 2.75) is 19.6 Å². The molecule has 0 saturated carbocycles. The second-order valence-corrected chi connectivity index (χ2v) is 6.08. The lowest BCUT2D eigenvalue weighted by atomic mass is 10.1. The van der Waals surface area contributed by atoms with Crippen LogP contribution in [0, 0.1) is 17.0 Å². The molecule has 0 bridgehead atoms. The molecule has 0 radical (unpaired) electrons. The van der Waals surface area contributed by atoms with Gasteiger partial charge in [0.05, 0.1) is 18.1 Å². The highest BCUT2D eigenvalue weighted by atomic mass is 16.7. The van der Waals surface area contributed by atoms with Crippen molar-refractivity contribution in [2.24, 2.45) is 0 Å². The molecule has 0 atom stereocenters. The SMILES string of the molecule is Cc1ccc(/C=C/C(=O)Oc2ccc(C3OCCCO3)cc2[N+](=O)[O-])cc1. The highest BCUT2D eigenvalue weighted by Crippen LogP contribution is 2.32. The number of aryl methyl sites for hydroxylation is 1. The van der Waals surface area contributed by atoms with Crippen molar-refractivity contribution in [3.05, 3.63) is 75.3 Å². The molecular weight excluding hydrogens is 350 g/mol. The number of hydrogen-bond donors (Lipinski definition) is 0. The van der Waals surface area contributed by atoms with Crippen molar-refractivity contribution in [3.63, 3.8) is 0 Å². The lowest BCUT2D eigenvalue weighted by Gasteiger charge is -2.23. The summed E-state index contributed by atoms with van der Waals surface area (Å²) < 4.78 is 16.0. The van der Waals surface area contributed by atoms with Gasteiger partial charge in [-0.05, 0) is 37.1 Å². The Labute approximate surface area is 156 Å². The quantitative estimate of drug-likeness (QED) is 0.261. The lowest BCUT2D eigenvalue weighted by Crippen LogP contribution is -2.18. The summed E-state index contributed by atoms with van der Waals surface area (Å²) in [6.07, 6.45) is 2.95. The molecule has 140 valence electrons. The number of carbonyl (C=O) groups excluding carboxylic acids is 1. The fraction of sp³-hybridized carbons (Fsp3) is 0.250. The van der Waals surface area contributed by atoms with Crippen LogP contribution in [-0.4, -0.2) is 24.1 Å². The van der Waals surface area contributed by atoms with E-state index < -0.39 is 17.2 Å². The Morgan fingerprint density at radius 1 is 1.19 bits per heavy atom. The molecule has 3 rings (SSSR count). The Hall–Kier alpha value is -3.03. The number of nitro benzene ring substituents is 1. The van der Waals surface area contributed by atoms with Crippen LogP contribution in [0.25, 0.3) is 6.08 Å². The highest BCUT2D eigenvalue weighted by Gasteiger charge is 2.23. The maximum atomic E-state index is 12.0. The Bertz CT molecular complexity index is 853. The summed E-state index contributed by atoms with van der Waals surface area (Å²) in [5.74, 6) is -0.824. The molecule has 1 saturated heterocycles. The van der Waals surface area contributed by atoms with Gasteiger partial charge < -0.3 is 14.2 Å². The number of carbonyl (C=O) groups is 1. The van der Waals surface area contributed by atoms with E-state index in [2.05, 4.69) is 0 Å². The average molecular weight is 369 g/mol. The van der Waals surface area contributed by atoms with E-state index in [0.29, 0.717) is 18.8 Å². The zero-order valence-corrected chi connectivity index (χ0v) is 14.8. The van der Waals surface area contributed by atoms with E-state index in [4.69, 9.17) is 14.2 Å². The van der Waals surface area contributed by atoms with Crippen molar-refractivity contribution in [2.75, 3.05) is 13.2 Å². The van der Waals surface area contributed by atoms with Gasteiger partial charge in [-0.2, -0.15) is 0 Å². The second kappa shape index (κ2) is 8.57. The van der Waals surface area contributed by atoms with Gasteiger partial charge in [0.15, 0.2) is 6.29 Å². The second-order valence-electron chi connectivity index (χ2n) is 6.08. The Kier molecular flexibility index (Phi) is 5.95. The third-order valence-corrected chi connectivity index (χ3v) is 3.98. The van der Waals surface area contributed by atoms with Gasteiger partial charge in [-0.15, -0.1) is 0 Å². The zero-order chi connectivity index (χ0) is 19.2. The van der Waals surface area contributed by atoms with Gasteiger partial charge in [0.1, 0.15) is 0 Å². The molecule has 1 aliphatic heterocycles. The standard InChI is InChI=1S/C20H19NO6/c1-14-3-5-15(6-4-14)7-10-19(22)27-18-9-8-16(13-17(18)21(23)24)20-25-11-2-12-26-20/h3-10,13,20H,2,11-12H2,1H3/b10-7+. The van der Waals surface area contributed by atoms with Crippen molar-refractivity contribution in [1.29, 1.82) is 0 Å². The van der Waals surface area contributed by atoms with Crippen LogP contribution in [0.1, 0.15) is 29.4 Å². The van der Waals surface area contributed by atoms with E-state index in [1.54, 1.807) is 12.1 Å². The predicted octanol–water partition coefficient (Wildman–Crippen LogP) is 3.96. The van der Waals surface area contributed by atoms with Gasteiger partial charge in [-0.3, -0.25) is 10.1 Å². The molecule has 0 amide bonds. The first-order valence-electron chi connectivity index (χ1n) is 8.51. The summed E-state index contributed by atoms with van der Waals surface area (Å²) in [5, 5.41) is 11.4. The fourth-order valence-corrected chi connectivity index (χ4v) is 2.57. The number of nitrogens with zero attached hydrogens (tertiary/aromatic N) is 1. The predicted molar refractivity (Wildman–Crippen MR) is 98.2 cm³/mol. The van der Waals surface area contributed by atoms with Crippen LogP contribution in [0.15, 0.2) is 48.5 Å². The van der Waals surface area contributed by atoms with Crippen LogP contribution in [0.3, 0.4) is 0 Å². The molecule has 0 aliphatic carbocycles. The van der Waals surface area contributed by atoms with Gasteiger partial charge in [-0.1, -0.05) is 29.8 Å². The number of benzene rings is 2. The van der Waals surface area contributed by atoms with Crippen LogP contribution in [-0.2, 0) is 14.3 Å². The molecule has 0 unspecified atom stereocenters. The van der Waals surface area contributed by atoms with Crippen LogP contribution in [0.4, 0.5) is 5.69 Å². The molecule has 0 spiro atoms. The molecule has 7 heteroatoms. The smallest absolute Gasteiger partial charge is 0.336 e. The third kappa shape index (κ3) is 4.99. The number of nitro groups is 1. The maximum absolute atomic E-state index is 12.0. The fourth-order valence-electron chi connectivity index (χ4n) is 2.57. The van der Waals surface area contributed by atoms with Crippen molar-refractivity contribution < 1.29 is 23.9 Å². The van der Waals surface area contributed by atoms with Crippen LogP contribution in [0.2, 0.25) is 0 Å². The van der Waals surface area contributed by atoms with E-state index in [-0.39, 0.29) is 11.4 Å². The molecule has 1 fully saturated rings. The minimum atomic E-state index is -0.698. The van der Waals surface area contributed by atoms with Crippen LogP contribution in [0.5, 0.6) is 5.75 Å². The molecule has 0 N–H and O–H groups in total. The lowest BCUT2D eigenvalue weighted by molar-refractivity contribution is -0.385. The first-order chi connectivity index (χ1) is 13.0. The largest absolute Gasteiger partial charge is 0.416 e. The van der Waals surface area contributed by atoms with E-state index in [1.807, 2.05) is 31.2 Å². The van der Waals surface area contributed by atoms with Crippen molar-refractivity contribution >= 4 is 17.7 Å². The average Bonchev–Trinajstić information content (AvgIpc) is 2.68. The zero-order valence-electron chi connectivity index (χ0n) is 14.8. The Morgan fingerprint density at radius 3 is 2.56 bits per heavy atom. The monoisotopic (exact) mass is 369 g/mol. The molecule has 2 aromatic carbocycles. The van der Waals surface area contributed by atoms with Gasteiger partial charge in [-0.25, -0.2) is 4.79 Å². The first kappa shape index (κ1) is 18.8.